The van der Waals surface area contributed by atoms with Gasteiger partial charge in [-0.1, -0.05) is 12.1 Å². The van der Waals surface area contributed by atoms with E-state index >= 15 is 0 Å². The summed E-state index contributed by atoms with van der Waals surface area (Å²) >= 11 is 0. The number of rotatable bonds is 4. The van der Waals surface area contributed by atoms with Crippen LogP contribution in [0.15, 0.2) is 24.3 Å². The molecule has 0 unspecified atom stereocenters. The van der Waals surface area contributed by atoms with Gasteiger partial charge in [-0.25, -0.2) is 0 Å². The van der Waals surface area contributed by atoms with Crippen LogP contribution < -0.4 is 4.74 Å². The van der Waals surface area contributed by atoms with E-state index in [9.17, 15) is 4.79 Å². The van der Waals surface area contributed by atoms with E-state index in [2.05, 4.69) is 35.1 Å². The first-order valence-corrected chi connectivity index (χ1v) is 9.43. The molecule has 1 fully saturated rings. The van der Waals surface area contributed by atoms with E-state index in [0.717, 1.165) is 43.2 Å². The van der Waals surface area contributed by atoms with Gasteiger partial charge in [0.2, 0.25) is 0 Å². The molecule has 0 N–H and O–H groups in total. The van der Waals surface area contributed by atoms with Crippen molar-refractivity contribution in [1.29, 1.82) is 0 Å². The molecule has 144 valence electrons. The zero-order chi connectivity index (χ0) is 18.8. The monoisotopic (exact) mass is 370 g/mol. The second-order valence-corrected chi connectivity index (χ2v) is 7.16. The summed E-state index contributed by atoms with van der Waals surface area (Å²) in [5, 5.41) is 4.54. The van der Waals surface area contributed by atoms with Gasteiger partial charge >= 0.3 is 0 Å². The Labute approximate surface area is 159 Å². The van der Waals surface area contributed by atoms with Gasteiger partial charge in [0.1, 0.15) is 5.75 Å². The van der Waals surface area contributed by atoms with Gasteiger partial charge in [0.05, 0.1) is 32.6 Å². The van der Waals surface area contributed by atoms with Crippen molar-refractivity contribution in [2.75, 3.05) is 40.0 Å². The molecular formula is C20H26N4O3. The van der Waals surface area contributed by atoms with E-state index in [1.165, 1.54) is 5.56 Å². The molecule has 1 saturated heterocycles. The van der Waals surface area contributed by atoms with Gasteiger partial charge in [-0.2, -0.15) is 5.10 Å². The number of carbonyl (C=O) groups excluding carboxylic acids is 1. The number of hydrogen-bond acceptors (Lipinski definition) is 5. The molecule has 7 heteroatoms. The Balaban J connectivity index is 1.44. The maximum absolute atomic E-state index is 12.7. The molecule has 2 aliphatic rings. The fourth-order valence-electron chi connectivity index (χ4n) is 3.71. The van der Waals surface area contributed by atoms with Crippen molar-refractivity contribution in [3.8, 4) is 5.75 Å². The molecule has 0 atom stereocenters. The summed E-state index contributed by atoms with van der Waals surface area (Å²) < 4.78 is 12.7. The topological polar surface area (TPSA) is 59.8 Å². The molecule has 0 spiro atoms. The number of amides is 1. The summed E-state index contributed by atoms with van der Waals surface area (Å²) in [4.78, 5) is 16.9. The second-order valence-electron chi connectivity index (χ2n) is 7.16. The van der Waals surface area contributed by atoms with Gasteiger partial charge in [-0.3, -0.25) is 14.4 Å². The van der Waals surface area contributed by atoms with Gasteiger partial charge < -0.3 is 14.4 Å². The molecule has 1 aromatic heterocycles. The maximum Gasteiger partial charge on any atom is 0.274 e. The van der Waals surface area contributed by atoms with Gasteiger partial charge in [0.15, 0.2) is 5.69 Å². The number of nitrogens with zero attached hydrogens (tertiary/aromatic N) is 4. The third kappa shape index (κ3) is 3.84. The van der Waals surface area contributed by atoms with Crippen LogP contribution in [0.2, 0.25) is 0 Å². The van der Waals surface area contributed by atoms with E-state index in [0.29, 0.717) is 32.0 Å². The van der Waals surface area contributed by atoms with E-state index in [-0.39, 0.29) is 5.91 Å². The van der Waals surface area contributed by atoms with Gasteiger partial charge in [-0.15, -0.1) is 0 Å². The third-order valence-corrected chi connectivity index (χ3v) is 5.27. The molecule has 0 aliphatic carbocycles. The summed E-state index contributed by atoms with van der Waals surface area (Å²) in [5.74, 6) is 0.933. The molecule has 2 aliphatic heterocycles. The van der Waals surface area contributed by atoms with Crippen LogP contribution >= 0.6 is 0 Å². The Morgan fingerprint density at radius 2 is 2.00 bits per heavy atom. The molecule has 1 aromatic carbocycles. The first-order chi connectivity index (χ1) is 13.1. The largest absolute Gasteiger partial charge is 0.496 e. The van der Waals surface area contributed by atoms with Crippen molar-refractivity contribution in [1.82, 2.24) is 19.6 Å². The highest BCUT2D eigenvalue weighted by molar-refractivity contribution is 5.92. The summed E-state index contributed by atoms with van der Waals surface area (Å²) in [6, 6.07) is 8.30. The van der Waals surface area contributed by atoms with Crippen LogP contribution in [0.3, 0.4) is 0 Å². The molecule has 27 heavy (non-hydrogen) atoms. The second kappa shape index (κ2) is 7.70. The Kier molecular flexibility index (Phi) is 5.13. The quantitative estimate of drug-likeness (QED) is 0.820. The summed E-state index contributed by atoms with van der Waals surface area (Å²) in [6.45, 7) is 7.90. The highest BCUT2D eigenvalue weighted by Gasteiger charge is 2.25. The van der Waals surface area contributed by atoms with Crippen LogP contribution in [-0.4, -0.2) is 65.4 Å². The number of morpholine rings is 1. The van der Waals surface area contributed by atoms with Crippen molar-refractivity contribution in [3.05, 3.63) is 46.8 Å². The van der Waals surface area contributed by atoms with Gasteiger partial charge in [0, 0.05) is 32.7 Å². The molecule has 0 saturated carbocycles. The van der Waals surface area contributed by atoms with E-state index < -0.39 is 0 Å². The molecule has 4 rings (SSSR count). The number of hydrogen-bond donors (Lipinski definition) is 0. The smallest absolute Gasteiger partial charge is 0.274 e. The number of ether oxygens (including phenoxy) is 2. The average molecular weight is 370 g/mol. The highest BCUT2D eigenvalue weighted by atomic mass is 16.5. The number of methoxy groups -OCH3 is 1. The molecule has 0 bridgehead atoms. The zero-order valence-electron chi connectivity index (χ0n) is 16.0. The summed E-state index contributed by atoms with van der Waals surface area (Å²) in [5.41, 5.74) is 4.02. The van der Waals surface area contributed by atoms with Crippen LogP contribution in [0, 0.1) is 6.92 Å². The summed E-state index contributed by atoms with van der Waals surface area (Å²) in [6.07, 6.45) is 0. The van der Waals surface area contributed by atoms with Crippen LogP contribution in [0.4, 0.5) is 0 Å². The lowest BCUT2D eigenvalue weighted by atomic mass is 10.1. The van der Waals surface area contributed by atoms with Crippen molar-refractivity contribution < 1.29 is 14.3 Å². The van der Waals surface area contributed by atoms with Gasteiger partial charge in [0.25, 0.3) is 5.91 Å². The number of fused-ring (bicyclic) bond motifs is 1. The fraction of sp³-hybridized carbons (Fsp3) is 0.500. The van der Waals surface area contributed by atoms with E-state index in [1.807, 2.05) is 15.6 Å². The first kappa shape index (κ1) is 18.0. The Hall–Kier alpha value is -2.38. The molecular weight excluding hydrogens is 344 g/mol. The highest BCUT2D eigenvalue weighted by Crippen LogP contribution is 2.22. The Morgan fingerprint density at radius 1 is 1.19 bits per heavy atom. The van der Waals surface area contributed by atoms with Crippen molar-refractivity contribution in [2.45, 2.75) is 26.6 Å². The molecule has 7 nitrogen and oxygen atoms in total. The lowest BCUT2D eigenvalue weighted by Gasteiger charge is -2.27. The van der Waals surface area contributed by atoms with Gasteiger partial charge in [-0.05, 0) is 30.2 Å². The minimum absolute atomic E-state index is 0.00928. The Bertz CT molecular complexity index is 827. The third-order valence-electron chi connectivity index (χ3n) is 5.27. The number of benzene rings is 1. The van der Waals surface area contributed by atoms with Crippen molar-refractivity contribution in [2.24, 2.45) is 0 Å². The minimum atomic E-state index is 0.00928. The lowest BCUT2D eigenvalue weighted by Crippen LogP contribution is -2.40. The Morgan fingerprint density at radius 3 is 2.78 bits per heavy atom. The lowest BCUT2D eigenvalue weighted by molar-refractivity contribution is 0.0298. The number of aromatic nitrogens is 2. The predicted molar refractivity (Wildman–Crippen MR) is 101 cm³/mol. The fourth-order valence-corrected chi connectivity index (χ4v) is 3.71. The van der Waals surface area contributed by atoms with E-state index in [1.54, 1.807) is 7.11 Å². The standard InChI is InChI=1S/C20H26N4O3/c1-15-3-4-16(11-19(15)26-2)13-22-5-6-24-17(14-22)12-18(21-24)20(25)23-7-9-27-10-8-23/h3-4,11-12H,5-10,13-14H2,1-2H3. The SMILES string of the molecule is COc1cc(CN2CCn3nc(C(=O)N4CCOCC4)cc3C2)ccc1C. The molecule has 3 heterocycles. The van der Waals surface area contributed by atoms with Crippen LogP contribution in [-0.2, 0) is 24.4 Å². The number of aryl methyl sites for hydroxylation is 1. The van der Waals surface area contributed by atoms with Crippen molar-refractivity contribution in [3.63, 3.8) is 0 Å². The van der Waals surface area contributed by atoms with Crippen LogP contribution in [0.25, 0.3) is 0 Å². The summed E-state index contributed by atoms with van der Waals surface area (Å²) in [7, 11) is 1.71. The van der Waals surface area contributed by atoms with E-state index in [4.69, 9.17) is 9.47 Å². The van der Waals surface area contributed by atoms with Crippen molar-refractivity contribution >= 4 is 5.91 Å². The average Bonchev–Trinajstić information content (AvgIpc) is 3.13. The first-order valence-electron chi connectivity index (χ1n) is 9.43. The predicted octanol–water partition coefficient (Wildman–Crippen LogP) is 1.69. The van der Waals surface area contributed by atoms with Crippen LogP contribution in [0.5, 0.6) is 5.75 Å². The van der Waals surface area contributed by atoms with Crippen LogP contribution in [0.1, 0.15) is 27.3 Å². The molecule has 2 aromatic rings. The molecule has 1 amide bonds. The normalized spacial score (nSPS) is 17.6. The minimum Gasteiger partial charge on any atom is -0.496 e. The maximum atomic E-state index is 12.7. The number of carbonyl (C=O) groups is 1. The zero-order valence-corrected chi connectivity index (χ0v) is 16.0. The molecule has 0 radical (unpaired) electrons.